The lowest BCUT2D eigenvalue weighted by Crippen LogP contribution is -2.31. The molecule has 0 saturated carbocycles. The van der Waals surface area contributed by atoms with Crippen LogP contribution in [0.3, 0.4) is 0 Å². The summed E-state index contributed by atoms with van der Waals surface area (Å²) in [5.41, 5.74) is 2.85. The maximum atomic E-state index is 13.0. The molecule has 134 valence electrons. The van der Waals surface area contributed by atoms with Gasteiger partial charge in [-0.05, 0) is 44.2 Å². The molecule has 0 aliphatic carbocycles. The third-order valence-corrected chi connectivity index (χ3v) is 4.00. The van der Waals surface area contributed by atoms with Gasteiger partial charge in [0.15, 0.2) is 0 Å². The number of aryl methyl sites for hydroxylation is 1. The number of aromatic nitrogens is 2. The first kappa shape index (κ1) is 18.1. The van der Waals surface area contributed by atoms with Crippen molar-refractivity contribution >= 4 is 23.2 Å². The molecular formula is C21H19N5O. The fourth-order valence-corrected chi connectivity index (χ4v) is 2.73. The number of nitrogens with one attached hydrogen (secondary N) is 1. The van der Waals surface area contributed by atoms with Gasteiger partial charge in [0.1, 0.15) is 11.8 Å². The SMILES string of the molecule is CCN(C(=O)c1cc(C)nc(Nc2ccccc2C#N)n1)c1ccccc1. The summed E-state index contributed by atoms with van der Waals surface area (Å²) in [4.78, 5) is 23.4. The molecule has 2 aromatic carbocycles. The zero-order valence-corrected chi connectivity index (χ0v) is 15.2. The minimum atomic E-state index is -0.203. The summed E-state index contributed by atoms with van der Waals surface area (Å²) in [6.45, 7) is 4.24. The molecule has 6 heteroatoms. The largest absolute Gasteiger partial charge is 0.323 e. The lowest BCUT2D eigenvalue weighted by molar-refractivity contribution is 0.0983. The molecule has 3 aromatic rings. The molecule has 3 rings (SSSR count). The number of amides is 1. The molecule has 0 bridgehead atoms. The number of nitriles is 1. The van der Waals surface area contributed by atoms with E-state index in [1.54, 1.807) is 36.1 Å². The molecule has 6 nitrogen and oxygen atoms in total. The van der Waals surface area contributed by atoms with Gasteiger partial charge < -0.3 is 10.2 Å². The molecule has 0 spiro atoms. The monoisotopic (exact) mass is 357 g/mol. The van der Waals surface area contributed by atoms with Crippen LogP contribution in [0.2, 0.25) is 0 Å². The summed E-state index contributed by atoms with van der Waals surface area (Å²) >= 11 is 0. The number of para-hydroxylation sites is 2. The van der Waals surface area contributed by atoms with Crippen LogP contribution in [0, 0.1) is 18.3 Å². The van der Waals surface area contributed by atoms with E-state index in [9.17, 15) is 10.1 Å². The van der Waals surface area contributed by atoms with Crippen molar-refractivity contribution in [3.63, 3.8) is 0 Å². The summed E-state index contributed by atoms with van der Waals surface area (Å²) in [5, 5.41) is 12.3. The Morgan fingerprint density at radius 3 is 2.52 bits per heavy atom. The van der Waals surface area contributed by atoms with Gasteiger partial charge in [-0.1, -0.05) is 30.3 Å². The fourth-order valence-electron chi connectivity index (χ4n) is 2.73. The normalized spacial score (nSPS) is 10.1. The van der Waals surface area contributed by atoms with Gasteiger partial charge in [-0.3, -0.25) is 4.79 Å². The summed E-state index contributed by atoms with van der Waals surface area (Å²) < 4.78 is 0. The number of hydrogen-bond acceptors (Lipinski definition) is 5. The van der Waals surface area contributed by atoms with Gasteiger partial charge in [-0.2, -0.15) is 5.26 Å². The Kier molecular flexibility index (Phi) is 5.43. The van der Waals surface area contributed by atoms with E-state index in [4.69, 9.17) is 0 Å². The second kappa shape index (κ2) is 8.11. The van der Waals surface area contributed by atoms with Crippen molar-refractivity contribution in [1.82, 2.24) is 9.97 Å². The predicted molar refractivity (Wildman–Crippen MR) is 105 cm³/mol. The molecule has 0 aliphatic rings. The Bertz CT molecular complexity index is 995. The van der Waals surface area contributed by atoms with Crippen LogP contribution in [0.1, 0.15) is 28.7 Å². The third-order valence-electron chi connectivity index (χ3n) is 4.00. The van der Waals surface area contributed by atoms with Gasteiger partial charge >= 0.3 is 0 Å². The van der Waals surface area contributed by atoms with Crippen molar-refractivity contribution in [1.29, 1.82) is 5.26 Å². The number of benzene rings is 2. The molecule has 0 fully saturated rings. The smallest absolute Gasteiger partial charge is 0.277 e. The lowest BCUT2D eigenvalue weighted by Gasteiger charge is -2.21. The molecule has 1 N–H and O–H groups in total. The Labute approximate surface area is 158 Å². The molecular weight excluding hydrogens is 338 g/mol. The highest BCUT2D eigenvalue weighted by Gasteiger charge is 2.19. The van der Waals surface area contributed by atoms with Crippen molar-refractivity contribution in [2.24, 2.45) is 0 Å². The van der Waals surface area contributed by atoms with E-state index in [1.165, 1.54) is 0 Å². The number of carbonyl (C=O) groups excluding carboxylic acids is 1. The van der Waals surface area contributed by atoms with Gasteiger partial charge in [0, 0.05) is 17.9 Å². The van der Waals surface area contributed by atoms with E-state index in [0.29, 0.717) is 29.2 Å². The molecule has 0 aliphatic heterocycles. The Morgan fingerprint density at radius 1 is 1.11 bits per heavy atom. The highest BCUT2D eigenvalue weighted by atomic mass is 16.2. The van der Waals surface area contributed by atoms with E-state index in [0.717, 1.165) is 5.69 Å². The topological polar surface area (TPSA) is 81.9 Å². The van der Waals surface area contributed by atoms with Crippen LogP contribution in [0.4, 0.5) is 17.3 Å². The fraction of sp³-hybridized carbons (Fsp3) is 0.143. The molecule has 0 unspecified atom stereocenters. The average molecular weight is 357 g/mol. The third kappa shape index (κ3) is 4.10. The second-order valence-corrected chi connectivity index (χ2v) is 5.89. The number of anilines is 3. The number of nitrogens with zero attached hydrogens (tertiary/aromatic N) is 4. The first-order valence-corrected chi connectivity index (χ1v) is 8.61. The molecule has 1 amide bonds. The van der Waals surface area contributed by atoms with Crippen LogP contribution in [0.25, 0.3) is 0 Å². The molecule has 27 heavy (non-hydrogen) atoms. The van der Waals surface area contributed by atoms with Crippen LogP contribution in [-0.2, 0) is 0 Å². The summed E-state index contributed by atoms with van der Waals surface area (Å²) in [6, 6.07) is 20.3. The maximum absolute atomic E-state index is 13.0. The number of carbonyl (C=O) groups is 1. The summed E-state index contributed by atoms with van der Waals surface area (Å²) in [5.74, 6) is 0.0796. The predicted octanol–water partition coefficient (Wildman–Crippen LogP) is 4.07. The first-order chi connectivity index (χ1) is 13.1. The van der Waals surface area contributed by atoms with Crippen molar-refractivity contribution in [3.05, 3.63) is 77.6 Å². The summed E-state index contributed by atoms with van der Waals surface area (Å²) in [6.07, 6.45) is 0. The quantitative estimate of drug-likeness (QED) is 0.744. The number of hydrogen-bond donors (Lipinski definition) is 1. The Balaban J connectivity index is 1.93. The van der Waals surface area contributed by atoms with Crippen molar-refractivity contribution in [2.75, 3.05) is 16.8 Å². The first-order valence-electron chi connectivity index (χ1n) is 8.61. The lowest BCUT2D eigenvalue weighted by atomic mass is 10.2. The van der Waals surface area contributed by atoms with Crippen molar-refractivity contribution in [2.45, 2.75) is 13.8 Å². The highest BCUT2D eigenvalue weighted by molar-refractivity contribution is 6.05. The zero-order chi connectivity index (χ0) is 19.2. The molecule has 0 radical (unpaired) electrons. The molecule has 0 atom stereocenters. The van der Waals surface area contributed by atoms with Gasteiger partial charge in [-0.15, -0.1) is 0 Å². The van der Waals surface area contributed by atoms with Gasteiger partial charge in [-0.25, -0.2) is 9.97 Å². The van der Waals surface area contributed by atoms with Crippen molar-refractivity contribution in [3.8, 4) is 6.07 Å². The minimum Gasteiger partial charge on any atom is -0.323 e. The van der Waals surface area contributed by atoms with Crippen LogP contribution in [0.15, 0.2) is 60.7 Å². The number of rotatable bonds is 5. The van der Waals surface area contributed by atoms with E-state index in [-0.39, 0.29) is 11.9 Å². The van der Waals surface area contributed by atoms with E-state index >= 15 is 0 Å². The van der Waals surface area contributed by atoms with Gasteiger partial charge in [0.05, 0.1) is 11.3 Å². The minimum absolute atomic E-state index is 0.203. The molecule has 1 aromatic heterocycles. The Morgan fingerprint density at radius 2 is 1.81 bits per heavy atom. The molecule has 0 saturated heterocycles. The van der Waals surface area contributed by atoms with Crippen LogP contribution < -0.4 is 10.2 Å². The van der Waals surface area contributed by atoms with Crippen LogP contribution >= 0.6 is 0 Å². The summed E-state index contributed by atoms with van der Waals surface area (Å²) in [7, 11) is 0. The highest BCUT2D eigenvalue weighted by Crippen LogP contribution is 2.20. The van der Waals surface area contributed by atoms with Crippen molar-refractivity contribution < 1.29 is 4.79 Å². The van der Waals surface area contributed by atoms with E-state index < -0.39 is 0 Å². The molecule has 1 heterocycles. The van der Waals surface area contributed by atoms with E-state index in [1.807, 2.05) is 43.3 Å². The van der Waals surface area contributed by atoms with Gasteiger partial charge in [0.25, 0.3) is 5.91 Å². The standard InChI is InChI=1S/C21H19N5O/c1-3-26(17-10-5-4-6-11-17)20(27)19-13-15(2)23-21(25-19)24-18-12-8-7-9-16(18)14-22/h4-13H,3H2,1-2H3,(H,23,24,25). The Hall–Kier alpha value is -3.72. The maximum Gasteiger partial charge on any atom is 0.277 e. The van der Waals surface area contributed by atoms with Crippen LogP contribution in [0.5, 0.6) is 0 Å². The second-order valence-electron chi connectivity index (χ2n) is 5.89. The average Bonchev–Trinajstić information content (AvgIpc) is 2.69. The van der Waals surface area contributed by atoms with E-state index in [2.05, 4.69) is 21.4 Å². The van der Waals surface area contributed by atoms with Gasteiger partial charge in [0.2, 0.25) is 5.95 Å². The van der Waals surface area contributed by atoms with Crippen LogP contribution in [-0.4, -0.2) is 22.4 Å². The zero-order valence-electron chi connectivity index (χ0n) is 15.2.